The first-order chi connectivity index (χ1) is 15.0. The van der Waals surface area contributed by atoms with Gasteiger partial charge in [-0.2, -0.15) is 0 Å². The van der Waals surface area contributed by atoms with Gasteiger partial charge in [0.25, 0.3) is 0 Å². The third kappa shape index (κ3) is 3.39. The van der Waals surface area contributed by atoms with Crippen LogP contribution >= 0.6 is 0 Å². The van der Waals surface area contributed by atoms with Crippen LogP contribution in [0.5, 0.6) is 0 Å². The minimum Gasteiger partial charge on any atom is -0.465 e. The molecular formula is C21H18F2N6O2. The van der Waals surface area contributed by atoms with Gasteiger partial charge in [0, 0.05) is 55.8 Å². The Morgan fingerprint density at radius 3 is 2.68 bits per heavy atom. The van der Waals surface area contributed by atoms with E-state index in [4.69, 9.17) is 5.11 Å². The highest BCUT2D eigenvalue weighted by Crippen LogP contribution is 2.25. The van der Waals surface area contributed by atoms with E-state index in [1.807, 2.05) is 11.0 Å². The number of hydrogen-bond acceptors (Lipinski definition) is 5. The van der Waals surface area contributed by atoms with Gasteiger partial charge >= 0.3 is 6.09 Å². The number of fused-ring (bicyclic) bond motifs is 2. The molecule has 4 aromatic rings. The molecule has 5 rings (SSSR count). The zero-order chi connectivity index (χ0) is 21.5. The molecular weight excluding hydrogens is 406 g/mol. The minimum atomic E-state index is -0.936. The second kappa shape index (κ2) is 7.46. The predicted octanol–water partition coefficient (Wildman–Crippen LogP) is 2.95. The smallest absolute Gasteiger partial charge is 0.407 e. The zero-order valence-electron chi connectivity index (χ0n) is 16.4. The standard InChI is InChI=1S/C21H18F2N6O2/c22-16-11-17-14(2-1-5-24-17)20(23)15(16)10-13-12-25-18-3-4-19(26-29(13)18)27-6-8-28(9-7-27)21(30)31/h1-5,11-12H,6-10H2,(H,30,31). The Labute approximate surface area is 175 Å². The Hall–Kier alpha value is -3.82. The van der Waals surface area contributed by atoms with Crippen molar-refractivity contribution in [3.8, 4) is 0 Å². The summed E-state index contributed by atoms with van der Waals surface area (Å²) >= 11 is 0. The molecule has 158 valence electrons. The number of anilines is 1. The van der Waals surface area contributed by atoms with Crippen LogP contribution in [0.4, 0.5) is 19.4 Å². The summed E-state index contributed by atoms with van der Waals surface area (Å²) in [6.07, 6.45) is 2.09. The molecule has 8 nitrogen and oxygen atoms in total. The highest BCUT2D eigenvalue weighted by atomic mass is 19.1. The third-order valence-electron chi connectivity index (χ3n) is 5.54. The molecule has 1 N–H and O–H groups in total. The number of pyridine rings is 1. The fourth-order valence-corrected chi connectivity index (χ4v) is 3.86. The number of aromatic nitrogens is 4. The van der Waals surface area contributed by atoms with Crippen LogP contribution in [0.2, 0.25) is 0 Å². The lowest BCUT2D eigenvalue weighted by molar-refractivity contribution is 0.142. The van der Waals surface area contributed by atoms with Crippen molar-refractivity contribution in [3.63, 3.8) is 0 Å². The molecule has 0 atom stereocenters. The molecule has 31 heavy (non-hydrogen) atoms. The van der Waals surface area contributed by atoms with Gasteiger partial charge < -0.3 is 14.9 Å². The molecule has 1 saturated heterocycles. The number of piperazine rings is 1. The molecule has 0 bridgehead atoms. The minimum absolute atomic E-state index is 0.0209. The maximum Gasteiger partial charge on any atom is 0.407 e. The number of hydrogen-bond donors (Lipinski definition) is 1. The van der Waals surface area contributed by atoms with E-state index in [1.54, 1.807) is 28.9 Å². The van der Waals surface area contributed by atoms with E-state index in [2.05, 4.69) is 15.1 Å². The van der Waals surface area contributed by atoms with Crippen molar-refractivity contribution in [1.29, 1.82) is 0 Å². The average Bonchev–Trinajstić information content (AvgIpc) is 3.18. The van der Waals surface area contributed by atoms with E-state index in [-0.39, 0.29) is 22.9 Å². The Bertz CT molecular complexity index is 1300. The molecule has 4 heterocycles. The van der Waals surface area contributed by atoms with Crippen LogP contribution in [0.25, 0.3) is 16.6 Å². The molecule has 1 aliphatic rings. The monoisotopic (exact) mass is 424 g/mol. The summed E-state index contributed by atoms with van der Waals surface area (Å²) in [6.45, 7) is 1.78. The van der Waals surface area contributed by atoms with Crippen molar-refractivity contribution in [2.75, 3.05) is 31.1 Å². The van der Waals surface area contributed by atoms with Crippen molar-refractivity contribution in [3.05, 3.63) is 65.6 Å². The number of benzene rings is 1. The first kappa shape index (κ1) is 19.2. The van der Waals surface area contributed by atoms with Crippen LogP contribution < -0.4 is 4.90 Å². The molecule has 0 saturated carbocycles. The summed E-state index contributed by atoms with van der Waals surface area (Å²) in [5, 5.41) is 14.0. The highest BCUT2D eigenvalue weighted by molar-refractivity contribution is 5.80. The van der Waals surface area contributed by atoms with Gasteiger partial charge in [-0.15, -0.1) is 5.10 Å². The lowest BCUT2D eigenvalue weighted by atomic mass is 10.0. The van der Waals surface area contributed by atoms with E-state index < -0.39 is 17.7 Å². The van der Waals surface area contributed by atoms with E-state index in [0.29, 0.717) is 43.3 Å². The summed E-state index contributed by atoms with van der Waals surface area (Å²) in [5.41, 5.74) is 1.30. The first-order valence-electron chi connectivity index (χ1n) is 9.79. The Balaban J connectivity index is 1.47. The Morgan fingerprint density at radius 2 is 1.90 bits per heavy atom. The quantitative estimate of drug-likeness (QED) is 0.544. The van der Waals surface area contributed by atoms with Crippen molar-refractivity contribution in [2.24, 2.45) is 0 Å². The zero-order valence-corrected chi connectivity index (χ0v) is 16.4. The van der Waals surface area contributed by atoms with Gasteiger partial charge in [0.1, 0.15) is 17.5 Å². The maximum atomic E-state index is 15.0. The molecule has 10 heteroatoms. The predicted molar refractivity (Wildman–Crippen MR) is 109 cm³/mol. The number of nitrogens with zero attached hydrogens (tertiary/aromatic N) is 6. The summed E-state index contributed by atoms with van der Waals surface area (Å²) in [6, 6.07) is 8.01. The van der Waals surface area contributed by atoms with Crippen LogP contribution in [0.3, 0.4) is 0 Å². The number of carbonyl (C=O) groups is 1. The van der Waals surface area contributed by atoms with Crippen LogP contribution in [0.15, 0.2) is 42.7 Å². The summed E-state index contributed by atoms with van der Waals surface area (Å²) in [4.78, 5) is 22.8. The van der Waals surface area contributed by atoms with E-state index in [1.165, 1.54) is 17.2 Å². The van der Waals surface area contributed by atoms with Crippen molar-refractivity contribution in [1.82, 2.24) is 24.5 Å². The average molecular weight is 424 g/mol. The lowest BCUT2D eigenvalue weighted by Crippen LogP contribution is -2.48. The molecule has 1 fully saturated rings. The largest absolute Gasteiger partial charge is 0.465 e. The van der Waals surface area contributed by atoms with Crippen LogP contribution in [-0.4, -0.2) is 61.9 Å². The van der Waals surface area contributed by atoms with Crippen LogP contribution in [0, 0.1) is 11.6 Å². The van der Waals surface area contributed by atoms with Gasteiger partial charge in [0.15, 0.2) is 5.65 Å². The molecule has 1 amide bonds. The summed E-state index contributed by atoms with van der Waals surface area (Å²) in [7, 11) is 0. The van der Waals surface area contributed by atoms with Gasteiger partial charge in [0.05, 0.1) is 17.4 Å². The molecule has 0 unspecified atom stereocenters. The van der Waals surface area contributed by atoms with Gasteiger partial charge in [-0.25, -0.2) is 23.1 Å². The van der Waals surface area contributed by atoms with Gasteiger partial charge in [-0.3, -0.25) is 4.98 Å². The SMILES string of the molecule is O=C(O)N1CCN(c2ccc3ncc(Cc4c(F)cc5ncccc5c4F)n3n2)CC1. The highest BCUT2D eigenvalue weighted by Gasteiger charge is 2.22. The van der Waals surface area contributed by atoms with Crippen molar-refractivity contribution < 1.29 is 18.7 Å². The Morgan fingerprint density at radius 1 is 1.10 bits per heavy atom. The maximum absolute atomic E-state index is 15.0. The van der Waals surface area contributed by atoms with Gasteiger partial charge in [-0.05, 0) is 24.3 Å². The third-order valence-corrected chi connectivity index (χ3v) is 5.54. The van der Waals surface area contributed by atoms with Gasteiger partial charge in [0.2, 0.25) is 0 Å². The molecule has 1 aliphatic heterocycles. The number of carboxylic acid groups (broad SMARTS) is 1. The molecule has 3 aromatic heterocycles. The van der Waals surface area contributed by atoms with Crippen molar-refractivity contribution in [2.45, 2.75) is 6.42 Å². The molecule has 0 spiro atoms. The summed E-state index contributed by atoms with van der Waals surface area (Å²) in [5.74, 6) is -0.654. The van der Waals surface area contributed by atoms with E-state index >= 15 is 4.39 Å². The summed E-state index contributed by atoms with van der Waals surface area (Å²) < 4.78 is 31.2. The number of amides is 1. The number of halogens is 2. The van der Waals surface area contributed by atoms with Crippen molar-refractivity contribution >= 4 is 28.5 Å². The number of rotatable bonds is 3. The molecule has 1 aromatic carbocycles. The topological polar surface area (TPSA) is 86.9 Å². The molecule has 0 aliphatic carbocycles. The fraction of sp³-hybridized carbons (Fsp3) is 0.238. The fourth-order valence-electron chi connectivity index (χ4n) is 3.86. The second-order valence-electron chi connectivity index (χ2n) is 7.37. The Kier molecular flexibility index (Phi) is 4.61. The van der Waals surface area contributed by atoms with E-state index in [0.717, 1.165) is 0 Å². The first-order valence-corrected chi connectivity index (χ1v) is 9.79. The van der Waals surface area contributed by atoms with Crippen LogP contribution in [0.1, 0.15) is 11.3 Å². The normalized spacial score (nSPS) is 14.5. The van der Waals surface area contributed by atoms with Crippen LogP contribution in [-0.2, 0) is 6.42 Å². The van der Waals surface area contributed by atoms with E-state index in [9.17, 15) is 9.18 Å². The lowest BCUT2D eigenvalue weighted by Gasteiger charge is -2.33. The second-order valence-corrected chi connectivity index (χ2v) is 7.37. The van der Waals surface area contributed by atoms with Gasteiger partial charge in [-0.1, -0.05) is 0 Å². The number of imidazole rings is 1. The molecule has 0 radical (unpaired) electrons.